The molecule has 2 unspecified atom stereocenters. The van der Waals surface area contributed by atoms with E-state index in [9.17, 15) is 8.78 Å². The molecule has 1 aromatic rings. The van der Waals surface area contributed by atoms with Crippen molar-refractivity contribution in [1.82, 2.24) is 4.90 Å². The molecule has 2 atom stereocenters. The zero-order valence-corrected chi connectivity index (χ0v) is 12.3. The van der Waals surface area contributed by atoms with Crippen molar-refractivity contribution < 1.29 is 13.5 Å². The lowest BCUT2D eigenvalue weighted by atomic mass is 10.0. The van der Waals surface area contributed by atoms with Crippen LogP contribution in [0.3, 0.4) is 0 Å². The Morgan fingerprint density at radius 2 is 1.95 bits per heavy atom. The van der Waals surface area contributed by atoms with E-state index >= 15 is 0 Å². The van der Waals surface area contributed by atoms with Crippen LogP contribution in [0.1, 0.15) is 31.4 Å². The standard InChI is InChI=1S/C14H20F2N2O.ClH/c1-10(18-8-2-3-12(17)9-18)11-4-6-13(7-5-11)19-14(15)16;/h4-7,10,12,14H,2-3,8-9,17H2,1H3;1H. The summed E-state index contributed by atoms with van der Waals surface area (Å²) in [6.45, 7) is 1.25. The van der Waals surface area contributed by atoms with Gasteiger partial charge in [0.15, 0.2) is 0 Å². The monoisotopic (exact) mass is 306 g/mol. The van der Waals surface area contributed by atoms with Gasteiger partial charge in [0.25, 0.3) is 0 Å². The van der Waals surface area contributed by atoms with Crippen LogP contribution in [0.15, 0.2) is 24.3 Å². The van der Waals surface area contributed by atoms with Crippen molar-refractivity contribution in [2.24, 2.45) is 5.73 Å². The minimum Gasteiger partial charge on any atom is -0.435 e. The van der Waals surface area contributed by atoms with Crippen LogP contribution in [0.2, 0.25) is 0 Å². The van der Waals surface area contributed by atoms with Crippen LogP contribution >= 0.6 is 12.4 Å². The minimum absolute atomic E-state index is 0. The Balaban J connectivity index is 0.00000200. The third kappa shape index (κ3) is 4.58. The smallest absolute Gasteiger partial charge is 0.387 e. The molecular formula is C14H21ClF2N2O. The zero-order valence-electron chi connectivity index (χ0n) is 11.5. The fourth-order valence-corrected chi connectivity index (χ4v) is 2.53. The van der Waals surface area contributed by atoms with Crippen molar-refractivity contribution in [2.45, 2.75) is 38.5 Å². The van der Waals surface area contributed by atoms with E-state index in [-0.39, 0.29) is 30.2 Å². The van der Waals surface area contributed by atoms with Gasteiger partial charge in [-0.2, -0.15) is 8.78 Å². The first-order chi connectivity index (χ1) is 9.06. The predicted octanol–water partition coefficient (Wildman–Crippen LogP) is 3.19. The third-order valence-corrected chi connectivity index (χ3v) is 3.62. The fraction of sp³-hybridized carbons (Fsp3) is 0.571. The van der Waals surface area contributed by atoms with Crippen molar-refractivity contribution in [3.8, 4) is 5.75 Å². The second kappa shape index (κ2) is 7.76. The second-order valence-electron chi connectivity index (χ2n) is 5.02. The first-order valence-corrected chi connectivity index (χ1v) is 6.60. The highest BCUT2D eigenvalue weighted by molar-refractivity contribution is 5.85. The van der Waals surface area contributed by atoms with E-state index in [1.54, 1.807) is 12.1 Å². The Morgan fingerprint density at radius 3 is 2.50 bits per heavy atom. The van der Waals surface area contributed by atoms with E-state index in [0.717, 1.165) is 31.5 Å². The third-order valence-electron chi connectivity index (χ3n) is 3.62. The maximum Gasteiger partial charge on any atom is 0.387 e. The highest BCUT2D eigenvalue weighted by Crippen LogP contribution is 2.25. The van der Waals surface area contributed by atoms with E-state index in [2.05, 4.69) is 16.6 Å². The SMILES string of the molecule is CC(c1ccc(OC(F)F)cc1)N1CCCC(N)C1.Cl. The molecule has 0 spiro atoms. The summed E-state index contributed by atoms with van der Waals surface area (Å²) in [4.78, 5) is 2.33. The van der Waals surface area contributed by atoms with Crippen molar-refractivity contribution >= 4 is 12.4 Å². The summed E-state index contributed by atoms with van der Waals surface area (Å²) in [5.41, 5.74) is 7.07. The van der Waals surface area contributed by atoms with Crippen molar-refractivity contribution in [3.05, 3.63) is 29.8 Å². The molecule has 0 aliphatic carbocycles. The van der Waals surface area contributed by atoms with Gasteiger partial charge in [-0.05, 0) is 44.0 Å². The number of hydrogen-bond acceptors (Lipinski definition) is 3. The van der Waals surface area contributed by atoms with Gasteiger partial charge in [-0.25, -0.2) is 0 Å². The molecule has 1 aliphatic heterocycles. The van der Waals surface area contributed by atoms with E-state index in [4.69, 9.17) is 5.73 Å². The molecule has 1 fully saturated rings. The molecule has 6 heteroatoms. The maximum atomic E-state index is 12.1. The molecule has 1 heterocycles. The Hall–Kier alpha value is -0.910. The topological polar surface area (TPSA) is 38.5 Å². The number of ether oxygens (including phenoxy) is 1. The molecule has 114 valence electrons. The largest absolute Gasteiger partial charge is 0.435 e. The van der Waals surface area contributed by atoms with Gasteiger partial charge >= 0.3 is 6.61 Å². The molecule has 20 heavy (non-hydrogen) atoms. The number of nitrogens with two attached hydrogens (primary N) is 1. The summed E-state index contributed by atoms with van der Waals surface area (Å²) in [5.74, 6) is 0.196. The molecule has 1 aliphatic rings. The first kappa shape index (κ1) is 17.1. The predicted molar refractivity (Wildman–Crippen MR) is 77.5 cm³/mol. The summed E-state index contributed by atoms with van der Waals surface area (Å²) >= 11 is 0. The van der Waals surface area contributed by atoms with Crippen LogP contribution in [0, 0.1) is 0 Å². The highest BCUT2D eigenvalue weighted by atomic mass is 35.5. The summed E-state index contributed by atoms with van der Waals surface area (Å²) in [6, 6.07) is 7.32. The quantitative estimate of drug-likeness (QED) is 0.928. The molecule has 3 nitrogen and oxygen atoms in total. The number of benzene rings is 1. The number of halogens is 3. The van der Waals surface area contributed by atoms with Crippen molar-refractivity contribution in [2.75, 3.05) is 13.1 Å². The summed E-state index contributed by atoms with van der Waals surface area (Å²) < 4.78 is 28.5. The van der Waals surface area contributed by atoms with Gasteiger partial charge in [-0.3, -0.25) is 4.90 Å². The maximum absolute atomic E-state index is 12.1. The van der Waals surface area contributed by atoms with Crippen LogP contribution in [0.25, 0.3) is 0 Å². The van der Waals surface area contributed by atoms with Crippen LogP contribution in [0.5, 0.6) is 5.75 Å². The highest BCUT2D eigenvalue weighted by Gasteiger charge is 2.22. The molecule has 2 rings (SSSR count). The Bertz CT molecular complexity index is 403. The number of hydrogen-bond donors (Lipinski definition) is 1. The minimum atomic E-state index is -2.77. The van der Waals surface area contributed by atoms with Gasteiger partial charge < -0.3 is 10.5 Å². The van der Waals surface area contributed by atoms with Crippen molar-refractivity contribution in [1.29, 1.82) is 0 Å². The van der Waals surface area contributed by atoms with Gasteiger partial charge in [-0.15, -0.1) is 12.4 Å². The van der Waals surface area contributed by atoms with Crippen LogP contribution in [0.4, 0.5) is 8.78 Å². The van der Waals surface area contributed by atoms with E-state index in [1.165, 1.54) is 0 Å². The lowest BCUT2D eigenvalue weighted by Crippen LogP contribution is -2.43. The van der Waals surface area contributed by atoms with Crippen LogP contribution in [-0.4, -0.2) is 30.6 Å². The van der Waals surface area contributed by atoms with Gasteiger partial charge in [-0.1, -0.05) is 12.1 Å². The van der Waals surface area contributed by atoms with E-state index in [0.29, 0.717) is 0 Å². The Morgan fingerprint density at radius 1 is 1.30 bits per heavy atom. The lowest BCUT2D eigenvalue weighted by molar-refractivity contribution is -0.0498. The Labute approximate surface area is 124 Å². The fourth-order valence-electron chi connectivity index (χ4n) is 2.53. The summed E-state index contributed by atoms with van der Waals surface area (Å²) in [6.07, 6.45) is 2.18. The van der Waals surface area contributed by atoms with Gasteiger partial charge in [0, 0.05) is 18.6 Å². The Kier molecular flexibility index (Phi) is 6.65. The molecular weight excluding hydrogens is 286 g/mol. The van der Waals surface area contributed by atoms with E-state index in [1.807, 2.05) is 12.1 Å². The van der Waals surface area contributed by atoms with Crippen LogP contribution < -0.4 is 10.5 Å². The molecule has 0 bridgehead atoms. The number of piperidine rings is 1. The summed E-state index contributed by atoms with van der Waals surface area (Å²) in [7, 11) is 0. The lowest BCUT2D eigenvalue weighted by Gasteiger charge is -2.35. The number of nitrogens with zero attached hydrogens (tertiary/aromatic N) is 1. The second-order valence-corrected chi connectivity index (χ2v) is 5.02. The molecule has 0 saturated carbocycles. The van der Waals surface area contributed by atoms with Crippen molar-refractivity contribution in [3.63, 3.8) is 0 Å². The van der Waals surface area contributed by atoms with Gasteiger partial charge in [0.1, 0.15) is 5.75 Å². The first-order valence-electron chi connectivity index (χ1n) is 6.60. The summed E-state index contributed by atoms with van der Waals surface area (Å²) in [5, 5.41) is 0. The van der Waals surface area contributed by atoms with Crippen LogP contribution in [-0.2, 0) is 0 Å². The molecule has 0 radical (unpaired) electrons. The van der Waals surface area contributed by atoms with Gasteiger partial charge in [0.2, 0.25) is 0 Å². The number of rotatable bonds is 4. The van der Waals surface area contributed by atoms with Gasteiger partial charge in [0.05, 0.1) is 0 Å². The number of alkyl halides is 2. The molecule has 1 saturated heterocycles. The molecule has 1 aromatic carbocycles. The molecule has 0 amide bonds. The van der Waals surface area contributed by atoms with E-state index < -0.39 is 6.61 Å². The average molecular weight is 307 g/mol. The normalized spacial score (nSPS) is 21.4. The molecule has 0 aromatic heterocycles. The average Bonchev–Trinajstić information content (AvgIpc) is 2.38. The number of likely N-dealkylation sites (tertiary alicyclic amines) is 1. The molecule has 2 N–H and O–H groups in total. The zero-order chi connectivity index (χ0) is 13.8.